The maximum Gasteiger partial charge on any atom is 0.0562 e. The van der Waals surface area contributed by atoms with Crippen LogP contribution in [0.25, 0.3) is 80.3 Å². The van der Waals surface area contributed by atoms with Crippen LogP contribution in [0.1, 0.15) is 11.1 Å². The number of hydrogen-bond donors (Lipinski definition) is 0. The standard InChI is InChI=1S/C69H47N3S/c1-5-21-47(22-6-1)43-49-44-48-23-13-14-30-55(48)56-39-37-53(45-62(49)56)70(50-24-7-2-8-25-50)63-34-18-15-31-57(63)58-32-16-19-35-64(58)71(51-26-9-3-10-27-51)54-38-40-61-66(46-54)72(52-28-11-4-12-29-52)65-42-41-60-59-33-17-20-36-67(59)73-69(60)68(61)65/h1-42,44-46H,43H2. The van der Waals surface area contributed by atoms with E-state index in [0.717, 1.165) is 62.9 Å². The molecule has 0 saturated carbocycles. The van der Waals surface area contributed by atoms with Gasteiger partial charge in [0.2, 0.25) is 0 Å². The number of hydrogen-bond acceptors (Lipinski definition) is 3. The second-order valence-corrected chi connectivity index (χ2v) is 19.9. The maximum absolute atomic E-state index is 2.46. The van der Waals surface area contributed by atoms with Crippen molar-refractivity contribution in [3.63, 3.8) is 0 Å². The average Bonchev–Trinajstić information content (AvgIpc) is 4.00. The van der Waals surface area contributed by atoms with Crippen LogP contribution < -0.4 is 9.80 Å². The van der Waals surface area contributed by atoms with Crippen molar-refractivity contribution in [1.29, 1.82) is 0 Å². The molecule has 0 amide bonds. The molecule has 0 unspecified atom stereocenters. The summed E-state index contributed by atoms with van der Waals surface area (Å²) in [6.45, 7) is 0. The van der Waals surface area contributed by atoms with Crippen molar-refractivity contribution in [3.8, 4) is 16.8 Å². The van der Waals surface area contributed by atoms with Gasteiger partial charge in [0.25, 0.3) is 0 Å². The molecule has 0 aliphatic heterocycles. The Labute approximate surface area is 428 Å². The molecule has 0 aliphatic carbocycles. The van der Waals surface area contributed by atoms with Gasteiger partial charge < -0.3 is 14.4 Å². The third-order valence-electron chi connectivity index (χ3n) is 14.6. The van der Waals surface area contributed by atoms with Gasteiger partial charge in [-0.2, -0.15) is 0 Å². The van der Waals surface area contributed by atoms with Crippen LogP contribution in [-0.2, 0) is 6.42 Å². The van der Waals surface area contributed by atoms with E-state index in [4.69, 9.17) is 0 Å². The van der Waals surface area contributed by atoms with Gasteiger partial charge in [0.05, 0.1) is 22.4 Å². The highest BCUT2D eigenvalue weighted by Crippen LogP contribution is 2.49. The molecule has 2 heterocycles. The third kappa shape index (κ3) is 7.34. The Bertz CT molecular complexity index is 4350. The largest absolute Gasteiger partial charge is 0.310 e. The molecule has 0 N–H and O–H groups in total. The van der Waals surface area contributed by atoms with E-state index in [1.807, 2.05) is 11.3 Å². The van der Waals surface area contributed by atoms with Crippen molar-refractivity contribution in [1.82, 2.24) is 4.57 Å². The molecule has 0 spiro atoms. The maximum atomic E-state index is 2.46. The van der Waals surface area contributed by atoms with Gasteiger partial charge in [-0.15, -0.1) is 11.3 Å². The van der Waals surface area contributed by atoms with Crippen molar-refractivity contribution in [2.45, 2.75) is 6.42 Å². The number of aromatic nitrogens is 1. The topological polar surface area (TPSA) is 11.4 Å². The second kappa shape index (κ2) is 17.9. The Balaban J connectivity index is 0.973. The molecule has 0 radical (unpaired) electrons. The minimum Gasteiger partial charge on any atom is -0.310 e. The van der Waals surface area contributed by atoms with Crippen molar-refractivity contribution >= 4 is 109 Å². The van der Waals surface area contributed by atoms with E-state index < -0.39 is 0 Å². The molecule has 73 heavy (non-hydrogen) atoms. The molecule has 14 rings (SSSR count). The molecule has 0 saturated heterocycles. The van der Waals surface area contributed by atoms with E-state index in [1.54, 1.807) is 0 Å². The lowest BCUT2D eigenvalue weighted by atomic mass is 9.93. The minimum absolute atomic E-state index is 0.837. The van der Waals surface area contributed by atoms with E-state index in [9.17, 15) is 0 Å². The normalized spacial score (nSPS) is 11.6. The van der Waals surface area contributed by atoms with Crippen LogP contribution in [0, 0.1) is 0 Å². The Morgan fingerprint density at radius 2 is 0.877 bits per heavy atom. The van der Waals surface area contributed by atoms with Gasteiger partial charge in [-0.05, 0) is 124 Å². The number of anilines is 6. The summed E-state index contributed by atoms with van der Waals surface area (Å²) in [5, 5.41) is 10.2. The van der Waals surface area contributed by atoms with Crippen LogP contribution >= 0.6 is 11.3 Å². The lowest BCUT2D eigenvalue weighted by Gasteiger charge is -2.31. The van der Waals surface area contributed by atoms with Crippen LogP contribution in [0.2, 0.25) is 0 Å². The van der Waals surface area contributed by atoms with Gasteiger partial charge in [-0.3, -0.25) is 0 Å². The third-order valence-corrected chi connectivity index (χ3v) is 15.8. The summed E-state index contributed by atoms with van der Waals surface area (Å²) in [5.74, 6) is 0. The summed E-state index contributed by atoms with van der Waals surface area (Å²) in [5.41, 5.74) is 14.8. The second-order valence-electron chi connectivity index (χ2n) is 18.8. The van der Waals surface area contributed by atoms with Crippen molar-refractivity contribution in [2.24, 2.45) is 0 Å². The Kier molecular flexibility index (Phi) is 10.4. The number of benzene rings is 12. The number of rotatable bonds is 10. The molecule has 2 aromatic heterocycles. The van der Waals surface area contributed by atoms with E-state index >= 15 is 0 Å². The predicted molar refractivity (Wildman–Crippen MR) is 313 cm³/mol. The first-order valence-electron chi connectivity index (χ1n) is 25.0. The van der Waals surface area contributed by atoms with Gasteiger partial charge in [0, 0.05) is 70.5 Å². The van der Waals surface area contributed by atoms with Gasteiger partial charge in [-0.1, -0.05) is 188 Å². The molecule has 0 fully saturated rings. The van der Waals surface area contributed by atoms with Gasteiger partial charge >= 0.3 is 0 Å². The van der Waals surface area contributed by atoms with E-state index in [2.05, 4.69) is 287 Å². The number of thiophene rings is 1. The lowest BCUT2D eigenvalue weighted by Crippen LogP contribution is -2.13. The highest BCUT2D eigenvalue weighted by molar-refractivity contribution is 7.26. The fourth-order valence-electron chi connectivity index (χ4n) is 11.3. The molecular weight excluding hydrogens is 903 g/mol. The van der Waals surface area contributed by atoms with Crippen molar-refractivity contribution in [2.75, 3.05) is 9.80 Å². The summed E-state index contributed by atoms with van der Waals surface area (Å²) >= 11 is 1.89. The monoisotopic (exact) mass is 949 g/mol. The van der Waals surface area contributed by atoms with Crippen LogP contribution in [0.3, 0.4) is 0 Å². The van der Waals surface area contributed by atoms with Gasteiger partial charge in [0.1, 0.15) is 0 Å². The van der Waals surface area contributed by atoms with Crippen molar-refractivity contribution in [3.05, 3.63) is 284 Å². The SMILES string of the molecule is c1ccc(Cc2cc3ccccc3c3ccc(N(c4ccccc4)c4ccccc4-c4ccccc4N(c4ccccc4)c4ccc5c6c7sc8ccccc8c7ccc6n(-c6ccccc6)c5c4)cc23)cc1. The molecule has 344 valence electrons. The highest BCUT2D eigenvalue weighted by Gasteiger charge is 2.25. The zero-order valence-corrected chi connectivity index (χ0v) is 40.8. The lowest BCUT2D eigenvalue weighted by molar-refractivity contribution is 1.18. The fourth-order valence-corrected chi connectivity index (χ4v) is 12.6. The first kappa shape index (κ1) is 42.6. The molecule has 0 bridgehead atoms. The summed E-state index contributed by atoms with van der Waals surface area (Å²) in [6, 6.07) is 99.9. The van der Waals surface area contributed by atoms with Crippen LogP contribution in [0.5, 0.6) is 0 Å². The Morgan fingerprint density at radius 1 is 0.342 bits per heavy atom. The fraction of sp³-hybridized carbons (Fsp3) is 0.0145. The Morgan fingerprint density at radius 3 is 1.56 bits per heavy atom. The zero-order valence-electron chi connectivity index (χ0n) is 39.9. The summed E-state index contributed by atoms with van der Waals surface area (Å²) < 4.78 is 5.09. The molecular formula is C69H47N3S. The van der Waals surface area contributed by atoms with Gasteiger partial charge in [0.15, 0.2) is 0 Å². The quantitative estimate of drug-likeness (QED) is 0.127. The molecule has 4 heteroatoms. The molecule has 12 aromatic carbocycles. The summed E-state index contributed by atoms with van der Waals surface area (Å²) in [4.78, 5) is 4.89. The zero-order chi connectivity index (χ0) is 48.2. The highest BCUT2D eigenvalue weighted by atomic mass is 32.1. The molecule has 14 aromatic rings. The summed E-state index contributed by atoms with van der Waals surface area (Å²) in [6.07, 6.45) is 0.837. The molecule has 0 aliphatic rings. The molecule has 0 atom stereocenters. The summed E-state index contributed by atoms with van der Waals surface area (Å²) in [7, 11) is 0. The first-order chi connectivity index (χ1) is 36.2. The van der Waals surface area contributed by atoms with E-state index in [1.165, 1.54) is 69.1 Å². The van der Waals surface area contributed by atoms with Crippen LogP contribution in [-0.4, -0.2) is 4.57 Å². The van der Waals surface area contributed by atoms with Crippen LogP contribution in [0.15, 0.2) is 273 Å². The smallest absolute Gasteiger partial charge is 0.0562 e. The number of fused-ring (bicyclic) bond motifs is 10. The van der Waals surface area contributed by atoms with Crippen molar-refractivity contribution < 1.29 is 0 Å². The van der Waals surface area contributed by atoms with E-state index in [0.29, 0.717) is 0 Å². The average molecular weight is 950 g/mol. The van der Waals surface area contributed by atoms with Gasteiger partial charge in [-0.25, -0.2) is 0 Å². The van der Waals surface area contributed by atoms with E-state index in [-0.39, 0.29) is 0 Å². The number of para-hydroxylation sites is 5. The minimum atomic E-state index is 0.837. The number of nitrogens with zero attached hydrogens (tertiary/aromatic N) is 3. The predicted octanol–water partition coefficient (Wildman–Crippen LogP) is 19.7. The Hall–Kier alpha value is -9.22. The molecule has 3 nitrogen and oxygen atoms in total. The first-order valence-corrected chi connectivity index (χ1v) is 25.9. The van der Waals surface area contributed by atoms with Crippen LogP contribution in [0.4, 0.5) is 34.1 Å².